The van der Waals surface area contributed by atoms with E-state index in [1.165, 1.54) is 41.3 Å². The summed E-state index contributed by atoms with van der Waals surface area (Å²) in [5.74, 6) is -3.49. The second kappa shape index (κ2) is 9.19. The molecule has 1 saturated heterocycles. The van der Waals surface area contributed by atoms with E-state index in [1.807, 2.05) is 0 Å². The zero-order valence-corrected chi connectivity index (χ0v) is 16.9. The van der Waals surface area contributed by atoms with Gasteiger partial charge in [0.25, 0.3) is 11.7 Å². The van der Waals surface area contributed by atoms with E-state index in [9.17, 15) is 26.4 Å². The lowest BCUT2D eigenvalue weighted by Crippen LogP contribution is -2.49. The number of nitrogens with one attached hydrogen (secondary N) is 1. The number of sulfonamides is 1. The van der Waals surface area contributed by atoms with Gasteiger partial charge in [-0.2, -0.15) is 8.78 Å². The Morgan fingerprint density at radius 2 is 1.90 bits per heavy atom. The number of amides is 1. The van der Waals surface area contributed by atoms with Crippen molar-refractivity contribution < 1.29 is 26.4 Å². The predicted octanol–water partition coefficient (Wildman–Crippen LogP) is 3.72. The number of hydrogen-bond acceptors (Lipinski definition) is 4. The molecule has 5 nitrogen and oxygen atoms in total. The van der Waals surface area contributed by atoms with E-state index in [0.717, 1.165) is 12.1 Å². The van der Waals surface area contributed by atoms with E-state index < -0.39 is 27.6 Å². The fourth-order valence-corrected chi connectivity index (χ4v) is 4.93. The number of halogens is 3. The topological polar surface area (TPSA) is 66.5 Å². The fraction of sp³-hybridized carbons (Fsp3) is 0.316. The highest BCUT2D eigenvalue weighted by atomic mass is 32.2. The van der Waals surface area contributed by atoms with E-state index in [4.69, 9.17) is 0 Å². The van der Waals surface area contributed by atoms with Crippen LogP contribution in [-0.2, 0) is 10.0 Å². The molecule has 156 valence electrons. The standard InChI is InChI=1S/C19H19F3N2O3S2/c20-14-3-1-5-17(11-14)29(26,27)23-15-4-2-10-24(12-15)18(25)13-6-8-16(9-7-13)28-19(21)22/h1,3,5-9,11,15,19,23H,2,4,10,12H2. The molecule has 1 N–H and O–H groups in total. The van der Waals surface area contributed by atoms with Crippen molar-refractivity contribution in [2.45, 2.75) is 34.4 Å². The van der Waals surface area contributed by atoms with Gasteiger partial charge in [0, 0.05) is 29.6 Å². The predicted molar refractivity (Wildman–Crippen MR) is 104 cm³/mol. The van der Waals surface area contributed by atoms with Crippen LogP contribution in [0.1, 0.15) is 23.2 Å². The first kappa shape index (κ1) is 21.7. The molecule has 0 saturated carbocycles. The molecule has 1 fully saturated rings. The van der Waals surface area contributed by atoms with Crippen LogP contribution in [0.15, 0.2) is 58.3 Å². The van der Waals surface area contributed by atoms with Crippen molar-refractivity contribution in [1.82, 2.24) is 9.62 Å². The average Bonchev–Trinajstić information content (AvgIpc) is 2.67. The van der Waals surface area contributed by atoms with Gasteiger partial charge < -0.3 is 4.90 Å². The first-order valence-corrected chi connectivity index (χ1v) is 11.2. The summed E-state index contributed by atoms with van der Waals surface area (Å²) in [6.07, 6.45) is 1.14. The minimum Gasteiger partial charge on any atom is -0.337 e. The number of nitrogens with zero attached hydrogens (tertiary/aromatic N) is 1. The van der Waals surface area contributed by atoms with Crippen LogP contribution in [0.5, 0.6) is 0 Å². The first-order valence-electron chi connectivity index (χ1n) is 8.86. The fourth-order valence-electron chi connectivity index (χ4n) is 3.14. The molecule has 1 aliphatic rings. The minimum absolute atomic E-state index is 0.168. The van der Waals surface area contributed by atoms with Crippen molar-refractivity contribution >= 4 is 27.7 Å². The van der Waals surface area contributed by atoms with Crippen molar-refractivity contribution in [3.8, 4) is 0 Å². The molecule has 1 unspecified atom stereocenters. The first-order chi connectivity index (χ1) is 13.7. The van der Waals surface area contributed by atoms with Gasteiger partial charge in [-0.15, -0.1) is 0 Å². The number of rotatable bonds is 6. The molecule has 0 aliphatic carbocycles. The lowest BCUT2D eigenvalue weighted by atomic mass is 10.1. The highest BCUT2D eigenvalue weighted by Crippen LogP contribution is 2.26. The summed E-state index contributed by atoms with van der Waals surface area (Å²) in [6.45, 7) is 0.630. The highest BCUT2D eigenvalue weighted by molar-refractivity contribution is 7.99. The average molecular weight is 445 g/mol. The lowest BCUT2D eigenvalue weighted by Gasteiger charge is -2.33. The molecule has 0 aromatic heterocycles. The van der Waals surface area contributed by atoms with E-state index >= 15 is 0 Å². The third-order valence-corrected chi connectivity index (χ3v) is 6.70. The number of piperidine rings is 1. The van der Waals surface area contributed by atoms with Gasteiger partial charge in [0.15, 0.2) is 0 Å². The van der Waals surface area contributed by atoms with Crippen LogP contribution in [0.3, 0.4) is 0 Å². The molecule has 10 heteroatoms. The highest BCUT2D eigenvalue weighted by Gasteiger charge is 2.28. The molecular formula is C19H19F3N2O3S2. The smallest absolute Gasteiger partial charge is 0.288 e. The van der Waals surface area contributed by atoms with Crippen LogP contribution >= 0.6 is 11.8 Å². The van der Waals surface area contributed by atoms with Crippen LogP contribution in [0.25, 0.3) is 0 Å². The summed E-state index contributed by atoms with van der Waals surface area (Å²) in [4.78, 5) is 14.4. The third-order valence-electron chi connectivity index (χ3n) is 4.46. The molecule has 0 bridgehead atoms. The van der Waals surface area contributed by atoms with Crippen molar-refractivity contribution in [1.29, 1.82) is 0 Å². The summed E-state index contributed by atoms with van der Waals surface area (Å²) in [6, 6.07) is 10.1. The molecule has 0 spiro atoms. The number of alkyl halides is 2. The van der Waals surface area contributed by atoms with Gasteiger partial charge in [-0.1, -0.05) is 17.8 Å². The minimum atomic E-state index is -3.92. The quantitative estimate of drug-likeness (QED) is 0.690. The molecule has 29 heavy (non-hydrogen) atoms. The Balaban J connectivity index is 1.66. The van der Waals surface area contributed by atoms with Gasteiger partial charge in [-0.05, 0) is 55.3 Å². The molecule has 1 aliphatic heterocycles. The third kappa shape index (κ3) is 5.74. The number of carbonyl (C=O) groups is 1. The normalized spacial score (nSPS) is 17.5. The van der Waals surface area contributed by atoms with Crippen LogP contribution in [0.2, 0.25) is 0 Å². The summed E-state index contributed by atoms with van der Waals surface area (Å²) in [5.41, 5.74) is 0.345. The zero-order valence-electron chi connectivity index (χ0n) is 15.2. The monoisotopic (exact) mass is 444 g/mol. The van der Waals surface area contributed by atoms with Gasteiger partial charge in [-0.25, -0.2) is 17.5 Å². The number of hydrogen-bond donors (Lipinski definition) is 1. The molecule has 1 heterocycles. The number of benzene rings is 2. The molecule has 0 radical (unpaired) electrons. The Hall–Kier alpha value is -2.04. The number of carbonyl (C=O) groups excluding carboxylic acids is 1. The summed E-state index contributed by atoms with van der Waals surface area (Å²) in [7, 11) is -3.92. The maximum absolute atomic E-state index is 13.3. The molecule has 1 amide bonds. The molecule has 2 aromatic carbocycles. The molecular weight excluding hydrogens is 425 g/mol. The van der Waals surface area contributed by atoms with E-state index in [1.54, 1.807) is 0 Å². The van der Waals surface area contributed by atoms with Crippen LogP contribution in [-0.4, -0.2) is 44.1 Å². The molecule has 3 rings (SSSR count). The molecule has 1 atom stereocenters. The van der Waals surface area contributed by atoms with E-state index in [-0.39, 0.29) is 17.3 Å². The number of thioether (sulfide) groups is 1. The lowest BCUT2D eigenvalue weighted by molar-refractivity contribution is 0.0703. The second-order valence-corrected chi connectivity index (χ2v) is 9.35. The van der Waals surface area contributed by atoms with Crippen molar-refractivity contribution in [3.05, 3.63) is 59.9 Å². The van der Waals surface area contributed by atoms with Gasteiger partial charge >= 0.3 is 0 Å². The van der Waals surface area contributed by atoms with Gasteiger partial charge in [-0.3, -0.25) is 4.79 Å². The van der Waals surface area contributed by atoms with E-state index in [2.05, 4.69) is 4.72 Å². The summed E-state index contributed by atoms with van der Waals surface area (Å²) in [5, 5.41) is 0. The van der Waals surface area contributed by atoms with Crippen LogP contribution < -0.4 is 4.72 Å². The maximum Gasteiger partial charge on any atom is 0.288 e. The Bertz CT molecular complexity index is 969. The van der Waals surface area contributed by atoms with Gasteiger partial charge in [0.2, 0.25) is 10.0 Å². The van der Waals surface area contributed by atoms with Crippen molar-refractivity contribution in [2.24, 2.45) is 0 Å². The summed E-state index contributed by atoms with van der Waals surface area (Å²) >= 11 is 0.398. The Kier molecular flexibility index (Phi) is 6.86. The summed E-state index contributed by atoms with van der Waals surface area (Å²) < 4.78 is 65.6. The van der Waals surface area contributed by atoms with Gasteiger partial charge in [0.05, 0.1) is 4.90 Å². The SMILES string of the molecule is O=C(c1ccc(SC(F)F)cc1)N1CCCC(NS(=O)(=O)c2cccc(F)c2)C1. The second-order valence-electron chi connectivity index (χ2n) is 6.57. The Morgan fingerprint density at radius 1 is 1.17 bits per heavy atom. The van der Waals surface area contributed by atoms with Crippen molar-refractivity contribution in [3.63, 3.8) is 0 Å². The van der Waals surface area contributed by atoms with Crippen molar-refractivity contribution in [2.75, 3.05) is 13.1 Å². The van der Waals surface area contributed by atoms with Crippen LogP contribution in [0.4, 0.5) is 13.2 Å². The maximum atomic E-state index is 13.3. The Labute approximate surface area is 171 Å². The van der Waals surface area contributed by atoms with Gasteiger partial charge in [0.1, 0.15) is 5.82 Å². The van der Waals surface area contributed by atoms with Crippen LogP contribution in [0, 0.1) is 5.82 Å². The Morgan fingerprint density at radius 3 is 2.55 bits per heavy atom. The largest absolute Gasteiger partial charge is 0.337 e. The zero-order chi connectivity index (χ0) is 21.0. The van der Waals surface area contributed by atoms with E-state index in [0.29, 0.717) is 41.6 Å². The number of likely N-dealkylation sites (tertiary alicyclic amines) is 1. The molecule has 2 aromatic rings.